The molecular weight excluding hydrogens is 391 g/mol. The van der Waals surface area contributed by atoms with Crippen molar-refractivity contribution in [2.75, 3.05) is 6.61 Å². The first kappa shape index (κ1) is 21.4. The summed E-state index contributed by atoms with van der Waals surface area (Å²) in [7, 11) is 0. The number of hydrogen-bond acceptors (Lipinski definition) is 5. The number of rotatable bonds is 8. The second-order valence-corrected chi connectivity index (χ2v) is 7.36. The topological polar surface area (TPSA) is 91.7 Å². The molecule has 3 N–H and O–H groups in total. The Hall–Kier alpha value is -1.86. The third-order valence-corrected chi connectivity index (χ3v) is 4.31. The highest BCUT2D eigenvalue weighted by molar-refractivity contribution is 6.39. The first-order chi connectivity index (χ1) is 12.8. The van der Waals surface area contributed by atoms with Crippen molar-refractivity contribution in [2.24, 2.45) is 5.92 Å². The van der Waals surface area contributed by atoms with Gasteiger partial charge in [-0.3, -0.25) is 9.78 Å². The molecule has 0 radical (unpaired) electrons. The number of ether oxygens (including phenoxy) is 1. The number of phenolic OH excluding ortho intramolecular Hbond substituents is 1. The minimum absolute atomic E-state index is 0.0834. The van der Waals surface area contributed by atoms with Crippen molar-refractivity contribution in [2.45, 2.75) is 32.6 Å². The Morgan fingerprint density at radius 2 is 1.78 bits per heavy atom. The van der Waals surface area contributed by atoms with Crippen LogP contribution in [0.4, 0.5) is 0 Å². The largest absolute Gasteiger partial charge is 0.508 e. The fourth-order valence-corrected chi connectivity index (χ4v) is 2.92. The SMILES string of the molecule is CC(C)COC(O)[C@H](Cc1ccc(O)cc1)NC(=O)c1c(Cl)cncc1Cl. The number of aliphatic hydroxyl groups excluding tert-OH is 1. The van der Waals surface area contributed by atoms with Gasteiger partial charge in [0.2, 0.25) is 0 Å². The number of aromatic hydroxyl groups is 1. The molecule has 146 valence electrons. The number of nitrogens with one attached hydrogen (secondary N) is 1. The maximum absolute atomic E-state index is 12.7. The summed E-state index contributed by atoms with van der Waals surface area (Å²) < 4.78 is 5.47. The molecule has 8 heteroatoms. The summed E-state index contributed by atoms with van der Waals surface area (Å²) >= 11 is 12.1. The summed E-state index contributed by atoms with van der Waals surface area (Å²) in [5, 5.41) is 22.8. The van der Waals surface area contributed by atoms with Gasteiger partial charge in [0.25, 0.3) is 5.91 Å². The Balaban J connectivity index is 2.20. The second-order valence-electron chi connectivity index (χ2n) is 6.55. The van der Waals surface area contributed by atoms with Gasteiger partial charge in [-0.05, 0) is 30.0 Å². The van der Waals surface area contributed by atoms with Crippen molar-refractivity contribution in [3.8, 4) is 5.75 Å². The van der Waals surface area contributed by atoms with Gasteiger partial charge in [-0.1, -0.05) is 49.2 Å². The number of hydrogen-bond donors (Lipinski definition) is 3. The number of aromatic nitrogens is 1. The number of carbonyl (C=O) groups excluding carboxylic acids is 1. The third kappa shape index (κ3) is 6.36. The maximum atomic E-state index is 12.7. The quantitative estimate of drug-likeness (QED) is 0.577. The summed E-state index contributed by atoms with van der Waals surface area (Å²) in [4.78, 5) is 16.5. The summed E-state index contributed by atoms with van der Waals surface area (Å²) in [5.41, 5.74) is 0.886. The number of nitrogens with zero attached hydrogens (tertiary/aromatic N) is 1. The Kier molecular flexibility index (Phi) is 7.86. The predicted molar refractivity (Wildman–Crippen MR) is 104 cm³/mol. The summed E-state index contributed by atoms with van der Waals surface area (Å²) in [6, 6.07) is 5.73. The Morgan fingerprint density at radius 3 is 2.33 bits per heavy atom. The molecule has 2 rings (SSSR count). The van der Waals surface area contributed by atoms with Crippen LogP contribution in [0.15, 0.2) is 36.7 Å². The number of carbonyl (C=O) groups is 1. The molecule has 0 aliphatic carbocycles. The molecular formula is C19H22Cl2N2O4. The maximum Gasteiger partial charge on any atom is 0.254 e. The molecule has 1 aromatic heterocycles. The van der Waals surface area contributed by atoms with Crippen LogP contribution in [0.2, 0.25) is 10.0 Å². The lowest BCUT2D eigenvalue weighted by Crippen LogP contribution is -2.46. The van der Waals surface area contributed by atoms with Gasteiger partial charge in [0.15, 0.2) is 6.29 Å². The van der Waals surface area contributed by atoms with E-state index in [1.165, 1.54) is 24.5 Å². The van der Waals surface area contributed by atoms with Crippen LogP contribution in [0.25, 0.3) is 0 Å². The molecule has 0 bridgehead atoms. The Labute approximate surface area is 168 Å². The molecule has 0 aliphatic heterocycles. The third-order valence-electron chi connectivity index (χ3n) is 3.73. The average molecular weight is 413 g/mol. The lowest BCUT2D eigenvalue weighted by Gasteiger charge is -2.25. The zero-order chi connectivity index (χ0) is 20.0. The number of pyridine rings is 1. The molecule has 0 saturated carbocycles. The van der Waals surface area contributed by atoms with E-state index in [9.17, 15) is 15.0 Å². The van der Waals surface area contributed by atoms with Crippen LogP contribution in [-0.4, -0.2) is 40.0 Å². The first-order valence-corrected chi connectivity index (χ1v) is 9.21. The summed E-state index contributed by atoms with van der Waals surface area (Å²) in [6.45, 7) is 4.24. The molecule has 1 heterocycles. The molecule has 2 atom stereocenters. The zero-order valence-corrected chi connectivity index (χ0v) is 16.5. The van der Waals surface area contributed by atoms with Gasteiger partial charge in [0.05, 0.1) is 28.3 Å². The van der Waals surface area contributed by atoms with Crippen LogP contribution in [0.3, 0.4) is 0 Å². The highest BCUT2D eigenvalue weighted by atomic mass is 35.5. The second kappa shape index (κ2) is 9.90. The van der Waals surface area contributed by atoms with Crippen LogP contribution in [0.1, 0.15) is 29.8 Å². The molecule has 0 spiro atoms. The highest BCUT2D eigenvalue weighted by Gasteiger charge is 2.25. The van der Waals surface area contributed by atoms with Gasteiger partial charge in [-0.2, -0.15) is 0 Å². The van der Waals surface area contributed by atoms with Crippen molar-refractivity contribution in [1.29, 1.82) is 0 Å². The van der Waals surface area contributed by atoms with Crippen molar-refractivity contribution < 1.29 is 19.7 Å². The van der Waals surface area contributed by atoms with Gasteiger partial charge in [-0.15, -0.1) is 0 Å². The Morgan fingerprint density at radius 1 is 1.19 bits per heavy atom. The van der Waals surface area contributed by atoms with Gasteiger partial charge in [0.1, 0.15) is 5.75 Å². The van der Waals surface area contributed by atoms with E-state index in [1.807, 2.05) is 13.8 Å². The van der Waals surface area contributed by atoms with E-state index >= 15 is 0 Å². The van der Waals surface area contributed by atoms with Crippen molar-refractivity contribution in [3.63, 3.8) is 0 Å². The normalized spacial score (nSPS) is 13.4. The lowest BCUT2D eigenvalue weighted by atomic mass is 10.0. The van der Waals surface area contributed by atoms with E-state index in [2.05, 4.69) is 10.3 Å². The fraction of sp³-hybridized carbons (Fsp3) is 0.368. The van der Waals surface area contributed by atoms with Gasteiger partial charge in [0, 0.05) is 12.4 Å². The minimum Gasteiger partial charge on any atom is -0.508 e. The van der Waals surface area contributed by atoms with Crippen molar-refractivity contribution in [1.82, 2.24) is 10.3 Å². The number of aliphatic hydroxyl groups is 1. The summed E-state index contributed by atoms with van der Waals surface area (Å²) in [6.07, 6.45) is 1.70. The number of amides is 1. The average Bonchev–Trinajstić information content (AvgIpc) is 2.60. The number of benzene rings is 1. The van der Waals surface area contributed by atoms with E-state index < -0.39 is 18.2 Å². The fourth-order valence-electron chi connectivity index (χ4n) is 2.39. The van der Waals surface area contributed by atoms with Crippen LogP contribution < -0.4 is 5.32 Å². The molecule has 27 heavy (non-hydrogen) atoms. The van der Waals surface area contributed by atoms with Crippen LogP contribution >= 0.6 is 23.2 Å². The van der Waals surface area contributed by atoms with Gasteiger partial charge < -0.3 is 20.3 Å². The Bertz CT molecular complexity index is 749. The monoisotopic (exact) mass is 412 g/mol. The van der Waals surface area contributed by atoms with E-state index in [1.54, 1.807) is 12.1 Å². The first-order valence-electron chi connectivity index (χ1n) is 8.45. The molecule has 1 aromatic carbocycles. The van der Waals surface area contributed by atoms with Crippen molar-refractivity contribution in [3.05, 3.63) is 57.8 Å². The van der Waals surface area contributed by atoms with Crippen LogP contribution in [-0.2, 0) is 11.2 Å². The number of phenols is 1. The molecule has 6 nitrogen and oxygen atoms in total. The minimum atomic E-state index is -1.23. The number of halogens is 2. The molecule has 2 aromatic rings. The summed E-state index contributed by atoms with van der Waals surface area (Å²) in [5.74, 6) is -0.191. The van der Waals surface area contributed by atoms with E-state index in [-0.39, 0.29) is 33.7 Å². The smallest absolute Gasteiger partial charge is 0.254 e. The van der Waals surface area contributed by atoms with Gasteiger partial charge in [-0.25, -0.2) is 0 Å². The van der Waals surface area contributed by atoms with Crippen molar-refractivity contribution >= 4 is 29.1 Å². The van der Waals surface area contributed by atoms with E-state index in [4.69, 9.17) is 27.9 Å². The zero-order valence-electron chi connectivity index (χ0n) is 15.0. The van der Waals surface area contributed by atoms with Crippen LogP contribution in [0.5, 0.6) is 5.75 Å². The standard InChI is InChI=1S/C19H22Cl2N2O4/c1-11(2)10-27-19(26)16(7-12-3-5-13(24)6-4-12)23-18(25)17-14(20)8-22-9-15(17)21/h3-6,8-9,11,16,19,24,26H,7,10H2,1-2H3,(H,23,25)/t16-,19?/m0/s1. The highest BCUT2D eigenvalue weighted by Crippen LogP contribution is 2.23. The van der Waals surface area contributed by atoms with E-state index in [0.717, 1.165) is 5.56 Å². The molecule has 0 saturated heterocycles. The molecule has 0 aliphatic rings. The van der Waals surface area contributed by atoms with E-state index in [0.29, 0.717) is 6.61 Å². The van der Waals surface area contributed by atoms with Crippen LogP contribution in [0, 0.1) is 5.92 Å². The molecule has 1 unspecified atom stereocenters. The molecule has 1 amide bonds. The van der Waals surface area contributed by atoms with Gasteiger partial charge >= 0.3 is 0 Å². The predicted octanol–water partition coefficient (Wildman–Crippen LogP) is 3.43. The molecule has 0 fully saturated rings. The lowest BCUT2D eigenvalue weighted by molar-refractivity contribution is -0.124.